The number of likely N-dealkylation sites (tertiary alicyclic amines) is 1. The van der Waals surface area contributed by atoms with Crippen LogP contribution in [0.15, 0.2) is 42.6 Å². The minimum atomic E-state index is -0.302. The fraction of sp³-hybridized carbons (Fsp3) is 0.500. The summed E-state index contributed by atoms with van der Waals surface area (Å²) in [6, 6.07) is 13.2. The Morgan fingerprint density at radius 3 is 2.35 bits per heavy atom. The van der Waals surface area contributed by atoms with Gasteiger partial charge in [0.25, 0.3) is 0 Å². The quantitative estimate of drug-likeness (QED) is 0.825. The van der Waals surface area contributed by atoms with Gasteiger partial charge in [0.2, 0.25) is 0 Å². The summed E-state index contributed by atoms with van der Waals surface area (Å²) >= 11 is 0. The molecule has 4 heteroatoms. The van der Waals surface area contributed by atoms with E-state index in [1.807, 2.05) is 6.20 Å². The standard InChI is InChI=1S/C22H28N2O2/c1-17(2)18-3-5-19(6-4-18)20-7-10-23-21(15-20)16-24-11-8-22(9-12-24)25-13-14-26-22/h3-7,10,15,17H,8-9,11-14,16H2,1-2H3. The summed E-state index contributed by atoms with van der Waals surface area (Å²) in [7, 11) is 0. The molecule has 0 N–H and O–H groups in total. The zero-order chi connectivity index (χ0) is 18.0. The van der Waals surface area contributed by atoms with Crippen molar-refractivity contribution in [3.63, 3.8) is 0 Å². The Bertz CT molecular complexity index is 726. The second-order valence-corrected chi connectivity index (χ2v) is 7.70. The second-order valence-electron chi connectivity index (χ2n) is 7.70. The Balaban J connectivity index is 1.41. The van der Waals surface area contributed by atoms with Crippen molar-refractivity contribution >= 4 is 0 Å². The van der Waals surface area contributed by atoms with E-state index in [-0.39, 0.29) is 5.79 Å². The molecule has 0 atom stereocenters. The molecule has 0 radical (unpaired) electrons. The molecule has 1 aromatic heterocycles. The van der Waals surface area contributed by atoms with E-state index in [1.54, 1.807) is 0 Å². The summed E-state index contributed by atoms with van der Waals surface area (Å²) in [5.74, 6) is 0.261. The van der Waals surface area contributed by atoms with Gasteiger partial charge in [-0.15, -0.1) is 0 Å². The van der Waals surface area contributed by atoms with Crippen LogP contribution in [0.4, 0.5) is 0 Å². The van der Waals surface area contributed by atoms with E-state index in [1.165, 1.54) is 16.7 Å². The number of pyridine rings is 1. The molecule has 0 aliphatic carbocycles. The zero-order valence-electron chi connectivity index (χ0n) is 15.8. The molecule has 0 bridgehead atoms. The van der Waals surface area contributed by atoms with Gasteiger partial charge < -0.3 is 9.47 Å². The molecule has 1 spiro atoms. The van der Waals surface area contributed by atoms with E-state index in [0.29, 0.717) is 5.92 Å². The minimum absolute atomic E-state index is 0.302. The Morgan fingerprint density at radius 1 is 1.00 bits per heavy atom. The Kier molecular flexibility index (Phi) is 5.07. The van der Waals surface area contributed by atoms with Crippen molar-refractivity contribution in [2.24, 2.45) is 0 Å². The largest absolute Gasteiger partial charge is 0.347 e. The monoisotopic (exact) mass is 352 g/mol. The highest BCUT2D eigenvalue weighted by Crippen LogP contribution is 2.32. The first-order valence-electron chi connectivity index (χ1n) is 9.69. The van der Waals surface area contributed by atoms with Crippen molar-refractivity contribution in [3.05, 3.63) is 53.9 Å². The second kappa shape index (κ2) is 7.47. The van der Waals surface area contributed by atoms with Crippen LogP contribution in [0.2, 0.25) is 0 Å². The van der Waals surface area contributed by atoms with Gasteiger partial charge >= 0.3 is 0 Å². The molecule has 4 nitrogen and oxygen atoms in total. The van der Waals surface area contributed by atoms with Gasteiger partial charge in [0.15, 0.2) is 5.79 Å². The third kappa shape index (κ3) is 3.83. The molecule has 2 aliphatic heterocycles. The first kappa shape index (κ1) is 17.7. The number of nitrogens with zero attached hydrogens (tertiary/aromatic N) is 2. The van der Waals surface area contributed by atoms with Gasteiger partial charge in [-0.25, -0.2) is 0 Å². The fourth-order valence-electron chi connectivity index (χ4n) is 3.87. The number of hydrogen-bond donors (Lipinski definition) is 0. The van der Waals surface area contributed by atoms with Crippen LogP contribution in [0.1, 0.15) is 43.9 Å². The molecule has 2 aromatic rings. The predicted octanol–water partition coefficient (Wildman–Crippen LogP) is 4.21. The number of rotatable bonds is 4. The molecule has 0 saturated carbocycles. The van der Waals surface area contributed by atoms with Crippen LogP contribution in [-0.2, 0) is 16.0 Å². The van der Waals surface area contributed by atoms with E-state index >= 15 is 0 Å². The SMILES string of the molecule is CC(C)c1ccc(-c2ccnc(CN3CCC4(CC3)OCCO4)c2)cc1. The van der Waals surface area contributed by atoms with Gasteiger partial charge in [-0.3, -0.25) is 9.88 Å². The average Bonchev–Trinajstić information content (AvgIpc) is 3.12. The average molecular weight is 352 g/mol. The lowest BCUT2D eigenvalue weighted by Gasteiger charge is -2.37. The van der Waals surface area contributed by atoms with E-state index in [0.717, 1.165) is 51.4 Å². The van der Waals surface area contributed by atoms with Crippen LogP contribution >= 0.6 is 0 Å². The Morgan fingerprint density at radius 2 is 1.69 bits per heavy atom. The van der Waals surface area contributed by atoms with E-state index < -0.39 is 0 Å². The van der Waals surface area contributed by atoms with E-state index in [4.69, 9.17) is 9.47 Å². The predicted molar refractivity (Wildman–Crippen MR) is 103 cm³/mol. The van der Waals surface area contributed by atoms with Crippen molar-refractivity contribution in [1.29, 1.82) is 0 Å². The van der Waals surface area contributed by atoms with Crippen LogP contribution in [0.25, 0.3) is 11.1 Å². The number of aromatic nitrogens is 1. The van der Waals surface area contributed by atoms with Crippen LogP contribution in [0.5, 0.6) is 0 Å². The maximum Gasteiger partial charge on any atom is 0.170 e. The topological polar surface area (TPSA) is 34.6 Å². The number of piperidine rings is 1. The van der Waals surface area contributed by atoms with Crippen molar-refractivity contribution in [3.8, 4) is 11.1 Å². The van der Waals surface area contributed by atoms with E-state index in [2.05, 4.69) is 60.1 Å². The van der Waals surface area contributed by atoms with Crippen LogP contribution in [0, 0.1) is 0 Å². The zero-order valence-corrected chi connectivity index (χ0v) is 15.8. The van der Waals surface area contributed by atoms with Crippen LogP contribution in [0.3, 0.4) is 0 Å². The maximum absolute atomic E-state index is 5.82. The van der Waals surface area contributed by atoms with Gasteiger partial charge in [0, 0.05) is 38.7 Å². The third-order valence-electron chi connectivity index (χ3n) is 5.54. The first-order chi connectivity index (χ1) is 12.6. The van der Waals surface area contributed by atoms with Gasteiger partial charge in [0.05, 0.1) is 18.9 Å². The van der Waals surface area contributed by atoms with Crippen molar-refractivity contribution in [1.82, 2.24) is 9.88 Å². The Labute approximate surface area is 156 Å². The summed E-state index contributed by atoms with van der Waals surface area (Å²) in [4.78, 5) is 7.04. The third-order valence-corrected chi connectivity index (χ3v) is 5.54. The molecule has 2 fully saturated rings. The molecule has 0 amide bonds. The summed E-state index contributed by atoms with van der Waals surface area (Å²) in [6.07, 6.45) is 3.82. The molecule has 2 aliphatic rings. The molecule has 4 rings (SSSR count). The smallest absolute Gasteiger partial charge is 0.170 e. The molecule has 138 valence electrons. The number of ether oxygens (including phenoxy) is 2. The summed E-state index contributed by atoms with van der Waals surface area (Å²) in [6.45, 7) is 8.80. The van der Waals surface area contributed by atoms with Crippen molar-refractivity contribution in [2.45, 2.75) is 44.9 Å². The Hall–Kier alpha value is -1.75. The highest BCUT2D eigenvalue weighted by molar-refractivity contribution is 5.63. The van der Waals surface area contributed by atoms with E-state index in [9.17, 15) is 0 Å². The summed E-state index contributed by atoms with van der Waals surface area (Å²) in [5, 5.41) is 0. The first-order valence-corrected chi connectivity index (χ1v) is 9.69. The van der Waals surface area contributed by atoms with Crippen LogP contribution in [-0.4, -0.2) is 42.0 Å². The molecule has 26 heavy (non-hydrogen) atoms. The van der Waals surface area contributed by atoms with Crippen molar-refractivity contribution in [2.75, 3.05) is 26.3 Å². The number of hydrogen-bond acceptors (Lipinski definition) is 4. The normalized spacial score (nSPS) is 20.1. The maximum atomic E-state index is 5.82. The fourth-order valence-corrected chi connectivity index (χ4v) is 3.87. The number of benzene rings is 1. The molecular weight excluding hydrogens is 324 g/mol. The summed E-state index contributed by atoms with van der Waals surface area (Å²) < 4.78 is 11.6. The molecule has 3 heterocycles. The highest BCUT2D eigenvalue weighted by atomic mass is 16.7. The molecule has 2 saturated heterocycles. The lowest BCUT2D eigenvalue weighted by molar-refractivity contribution is -0.185. The van der Waals surface area contributed by atoms with Crippen LogP contribution < -0.4 is 0 Å². The molecule has 0 unspecified atom stereocenters. The lowest BCUT2D eigenvalue weighted by Crippen LogP contribution is -2.44. The van der Waals surface area contributed by atoms with Gasteiger partial charge in [-0.1, -0.05) is 38.1 Å². The lowest BCUT2D eigenvalue weighted by atomic mass is 9.99. The van der Waals surface area contributed by atoms with Gasteiger partial charge in [-0.2, -0.15) is 0 Å². The molecular formula is C22H28N2O2. The summed E-state index contributed by atoms with van der Waals surface area (Å²) in [5.41, 5.74) is 4.99. The van der Waals surface area contributed by atoms with Gasteiger partial charge in [0.1, 0.15) is 0 Å². The highest BCUT2D eigenvalue weighted by Gasteiger charge is 2.39. The van der Waals surface area contributed by atoms with Gasteiger partial charge in [-0.05, 0) is 34.7 Å². The molecule has 1 aromatic carbocycles. The minimum Gasteiger partial charge on any atom is -0.347 e. The van der Waals surface area contributed by atoms with Crippen molar-refractivity contribution < 1.29 is 9.47 Å².